The number of amides is 2. The number of aryl methyl sites for hydroxylation is 1. The SMILES string of the molecule is Cc1cc(F)c(CNC(=O)c2cn3c(c(O)c2=O)C(=O)N2[C@H]4CC(F)C(C4)[C@@H]2C3)c(F)c1. The molecule has 5 rings (SSSR count). The molecule has 2 aliphatic heterocycles. The maximum Gasteiger partial charge on any atom is 0.275 e. The second-order valence-electron chi connectivity index (χ2n) is 8.70. The van der Waals surface area contributed by atoms with Crippen LogP contribution in [0.15, 0.2) is 23.1 Å². The largest absolute Gasteiger partial charge is 0.503 e. The van der Waals surface area contributed by atoms with Crippen LogP contribution in [-0.2, 0) is 13.1 Å². The number of hydrogen-bond acceptors (Lipinski definition) is 4. The quantitative estimate of drug-likeness (QED) is 0.753. The Morgan fingerprint density at radius 2 is 1.91 bits per heavy atom. The zero-order valence-electron chi connectivity index (χ0n) is 17.1. The first kappa shape index (κ1) is 20.6. The van der Waals surface area contributed by atoms with E-state index in [1.807, 2.05) is 0 Å². The molecule has 3 aliphatic rings. The summed E-state index contributed by atoms with van der Waals surface area (Å²) < 4.78 is 43.6. The minimum atomic E-state index is -1.06. The predicted octanol–water partition coefficient (Wildman–Crippen LogP) is 2.03. The van der Waals surface area contributed by atoms with Crippen molar-refractivity contribution in [3.05, 3.63) is 62.6 Å². The van der Waals surface area contributed by atoms with E-state index in [1.165, 1.54) is 16.4 Å². The Balaban J connectivity index is 1.45. The second-order valence-corrected chi connectivity index (χ2v) is 8.70. The normalized spacial score (nSPS) is 25.6. The van der Waals surface area contributed by atoms with Gasteiger partial charge in [0.1, 0.15) is 23.4 Å². The lowest BCUT2D eigenvalue weighted by atomic mass is 9.94. The third-order valence-electron chi connectivity index (χ3n) is 6.78. The van der Waals surface area contributed by atoms with Crippen molar-refractivity contribution in [2.45, 2.75) is 51.1 Å². The molecule has 32 heavy (non-hydrogen) atoms. The van der Waals surface area contributed by atoms with Gasteiger partial charge in [-0.3, -0.25) is 14.4 Å². The van der Waals surface area contributed by atoms with Crippen LogP contribution < -0.4 is 10.7 Å². The molecule has 2 unspecified atom stereocenters. The molecule has 3 heterocycles. The summed E-state index contributed by atoms with van der Waals surface area (Å²) in [6, 6.07) is 1.56. The van der Waals surface area contributed by atoms with Crippen LogP contribution in [-0.4, -0.2) is 44.6 Å². The van der Waals surface area contributed by atoms with Crippen molar-refractivity contribution in [3.63, 3.8) is 0 Å². The maximum absolute atomic E-state index is 14.2. The summed E-state index contributed by atoms with van der Waals surface area (Å²) in [5.41, 5.74) is -1.75. The minimum Gasteiger partial charge on any atom is -0.503 e. The van der Waals surface area contributed by atoms with Crippen LogP contribution >= 0.6 is 0 Å². The van der Waals surface area contributed by atoms with Crippen molar-refractivity contribution in [1.29, 1.82) is 0 Å². The monoisotopic (exact) mass is 447 g/mol. The van der Waals surface area contributed by atoms with Crippen LogP contribution in [0.4, 0.5) is 13.2 Å². The molecule has 2 bridgehead atoms. The summed E-state index contributed by atoms with van der Waals surface area (Å²) in [7, 11) is 0. The van der Waals surface area contributed by atoms with E-state index in [2.05, 4.69) is 5.32 Å². The average molecular weight is 447 g/mol. The Kier molecular flexibility index (Phi) is 4.58. The van der Waals surface area contributed by atoms with Gasteiger partial charge in [0.05, 0.1) is 6.04 Å². The molecule has 2 N–H and O–H groups in total. The summed E-state index contributed by atoms with van der Waals surface area (Å²) in [5, 5.41) is 12.7. The van der Waals surface area contributed by atoms with Gasteiger partial charge in [-0.25, -0.2) is 13.2 Å². The Morgan fingerprint density at radius 1 is 1.22 bits per heavy atom. The third-order valence-corrected chi connectivity index (χ3v) is 6.78. The summed E-state index contributed by atoms with van der Waals surface area (Å²) in [5.74, 6) is -4.39. The highest BCUT2D eigenvalue weighted by atomic mass is 19.1. The Hall–Kier alpha value is -3.30. The molecule has 10 heteroatoms. The van der Waals surface area contributed by atoms with E-state index in [4.69, 9.17) is 0 Å². The van der Waals surface area contributed by atoms with Crippen molar-refractivity contribution in [2.24, 2.45) is 5.92 Å². The van der Waals surface area contributed by atoms with Crippen LogP contribution in [0.25, 0.3) is 0 Å². The summed E-state index contributed by atoms with van der Waals surface area (Å²) in [6.45, 7) is 1.15. The highest BCUT2D eigenvalue weighted by molar-refractivity contribution is 5.99. The lowest BCUT2D eigenvalue weighted by Gasteiger charge is -2.41. The predicted molar refractivity (Wildman–Crippen MR) is 106 cm³/mol. The van der Waals surface area contributed by atoms with Crippen LogP contribution in [0.2, 0.25) is 0 Å². The number of carbonyl (C=O) groups excluding carboxylic acids is 2. The van der Waals surface area contributed by atoms with Crippen molar-refractivity contribution >= 4 is 11.8 Å². The lowest BCUT2D eigenvalue weighted by Crippen LogP contribution is -2.54. The van der Waals surface area contributed by atoms with E-state index in [-0.39, 0.29) is 36.2 Å². The fraction of sp³-hybridized carbons (Fsp3) is 0.409. The molecule has 1 saturated carbocycles. The highest BCUT2D eigenvalue weighted by Gasteiger charge is 2.56. The molecule has 4 atom stereocenters. The first-order valence-electron chi connectivity index (χ1n) is 10.3. The van der Waals surface area contributed by atoms with E-state index in [0.29, 0.717) is 12.0 Å². The number of piperidine rings is 1. The molecule has 0 radical (unpaired) electrons. The molecule has 1 saturated heterocycles. The number of nitrogens with zero attached hydrogens (tertiary/aromatic N) is 2. The van der Waals surface area contributed by atoms with Crippen molar-refractivity contribution in [1.82, 2.24) is 14.8 Å². The topological polar surface area (TPSA) is 91.6 Å². The van der Waals surface area contributed by atoms with Gasteiger partial charge < -0.3 is 19.9 Å². The van der Waals surface area contributed by atoms with Crippen LogP contribution in [0.3, 0.4) is 0 Å². The van der Waals surface area contributed by atoms with Gasteiger partial charge in [-0.1, -0.05) is 0 Å². The number of aromatic nitrogens is 1. The van der Waals surface area contributed by atoms with E-state index < -0.39 is 58.9 Å². The standard InChI is InChI=1S/C22H20F3N3O4/c1-9-2-14(23)12(15(24)3-9)6-26-21(31)13-7-27-8-17-11-4-10(5-16(11)25)28(17)22(32)18(27)20(30)19(13)29/h2-3,7,10-11,16-17,30H,4-6,8H2,1H3,(H,26,31)/t10-,11?,16?,17+/m1/s1. The third kappa shape index (κ3) is 2.92. The number of benzene rings is 1. The summed E-state index contributed by atoms with van der Waals surface area (Å²) in [4.78, 5) is 39.7. The number of nitrogens with one attached hydrogen (secondary N) is 1. The molecular formula is C22H20F3N3O4. The maximum atomic E-state index is 14.2. The lowest BCUT2D eigenvalue weighted by molar-refractivity contribution is 0.0350. The number of pyridine rings is 1. The minimum absolute atomic E-state index is 0.137. The number of aromatic hydroxyl groups is 1. The van der Waals surface area contributed by atoms with Crippen LogP contribution in [0.5, 0.6) is 5.75 Å². The molecule has 2 amide bonds. The van der Waals surface area contributed by atoms with E-state index in [9.17, 15) is 32.7 Å². The number of rotatable bonds is 3. The second kappa shape index (κ2) is 7.11. The van der Waals surface area contributed by atoms with E-state index in [1.54, 1.807) is 0 Å². The van der Waals surface area contributed by atoms with Gasteiger partial charge in [0.15, 0.2) is 11.4 Å². The molecule has 1 aliphatic carbocycles. The fourth-order valence-corrected chi connectivity index (χ4v) is 5.30. The van der Waals surface area contributed by atoms with Gasteiger partial charge in [-0.15, -0.1) is 0 Å². The summed E-state index contributed by atoms with van der Waals surface area (Å²) in [6.07, 6.45) is 0.886. The molecule has 2 aromatic rings. The van der Waals surface area contributed by atoms with E-state index in [0.717, 1.165) is 18.3 Å². The number of carbonyl (C=O) groups is 2. The molecule has 2 fully saturated rings. The molecular weight excluding hydrogens is 427 g/mol. The first-order chi connectivity index (χ1) is 15.2. The number of hydrogen-bond donors (Lipinski definition) is 2. The zero-order valence-corrected chi connectivity index (χ0v) is 17.1. The zero-order chi connectivity index (χ0) is 22.9. The van der Waals surface area contributed by atoms with Gasteiger partial charge >= 0.3 is 0 Å². The highest BCUT2D eigenvalue weighted by Crippen LogP contribution is 2.47. The molecule has 7 nitrogen and oxygen atoms in total. The summed E-state index contributed by atoms with van der Waals surface area (Å²) >= 11 is 0. The van der Waals surface area contributed by atoms with Crippen molar-refractivity contribution in [3.8, 4) is 5.75 Å². The Bertz CT molecular complexity index is 1200. The molecule has 168 valence electrons. The fourth-order valence-electron chi connectivity index (χ4n) is 5.30. The smallest absolute Gasteiger partial charge is 0.275 e. The van der Waals surface area contributed by atoms with Gasteiger partial charge in [-0.2, -0.15) is 0 Å². The Morgan fingerprint density at radius 3 is 2.59 bits per heavy atom. The number of fused-ring (bicyclic) bond motifs is 6. The van der Waals surface area contributed by atoms with Crippen LogP contribution in [0, 0.1) is 24.5 Å². The Labute approximate surface area is 180 Å². The van der Waals surface area contributed by atoms with E-state index >= 15 is 0 Å². The average Bonchev–Trinajstić information content (AvgIpc) is 3.26. The van der Waals surface area contributed by atoms with Gasteiger partial charge in [0.25, 0.3) is 11.8 Å². The van der Waals surface area contributed by atoms with Crippen LogP contribution in [0.1, 0.15) is 44.8 Å². The van der Waals surface area contributed by atoms with Gasteiger partial charge in [0, 0.05) is 36.8 Å². The molecule has 1 aromatic heterocycles. The van der Waals surface area contributed by atoms with Gasteiger partial charge in [-0.05, 0) is 37.5 Å². The molecule has 0 spiro atoms. The first-order valence-corrected chi connectivity index (χ1v) is 10.3. The number of alkyl halides is 1. The van der Waals surface area contributed by atoms with Gasteiger partial charge in [0.2, 0.25) is 5.43 Å². The van der Waals surface area contributed by atoms with Crippen molar-refractivity contribution in [2.75, 3.05) is 0 Å². The number of halogens is 3. The molecule has 1 aromatic carbocycles. The van der Waals surface area contributed by atoms with Crippen molar-refractivity contribution < 1.29 is 27.9 Å².